The summed E-state index contributed by atoms with van der Waals surface area (Å²) < 4.78 is 5.54. The zero-order valence-electron chi connectivity index (χ0n) is 9.96. The summed E-state index contributed by atoms with van der Waals surface area (Å²) in [6.45, 7) is -0.254. The molecule has 8 heteroatoms. The summed E-state index contributed by atoms with van der Waals surface area (Å²) in [6, 6.07) is 0. The number of fused-ring (bicyclic) bond motifs is 1. The number of aliphatic hydroxyl groups is 2. The average Bonchev–Trinajstić information content (AvgIpc) is 2.92. The zero-order valence-corrected chi connectivity index (χ0v) is 9.96. The maximum absolute atomic E-state index is 11.7. The second kappa shape index (κ2) is 4.34. The summed E-state index contributed by atoms with van der Waals surface area (Å²) in [6.07, 6.45) is 0.180. The minimum absolute atomic E-state index is 0.0237. The van der Waals surface area contributed by atoms with Crippen LogP contribution in [0.25, 0.3) is 11.0 Å². The van der Waals surface area contributed by atoms with Gasteiger partial charge < -0.3 is 25.7 Å². The van der Waals surface area contributed by atoms with Gasteiger partial charge in [-0.25, -0.2) is 4.98 Å². The zero-order chi connectivity index (χ0) is 13.6. The van der Waals surface area contributed by atoms with E-state index in [0.717, 1.165) is 0 Å². The van der Waals surface area contributed by atoms with Crippen LogP contribution in [0.1, 0.15) is 18.1 Å². The highest BCUT2D eigenvalue weighted by molar-refractivity contribution is 5.79. The molecule has 102 valence electrons. The van der Waals surface area contributed by atoms with E-state index in [1.54, 1.807) is 6.20 Å². The second-order valence-electron chi connectivity index (χ2n) is 4.57. The van der Waals surface area contributed by atoms with Gasteiger partial charge in [-0.3, -0.25) is 9.78 Å². The number of anilines is 1. The summed E-state index contributed by atoms with van der Waals surface area (Å²) in [4.78, 5) is 21.0. The van der Waals surface area contributed by atoms with Crippen molar-refractivity contribution in [1.82, 2.24) is 15.0 Å². The molecule has 0 saturated carbocycles. The van der Waals surface area contributed by atoms with E-state index in [1.165, 1.54) is 0 Å². The fraction of sp³-hybridized carbons (Fsp3) is 0.455. The van der Waals surface area contributed by atoms with E-state index in [1.807, 2.05) is 0 Å². The maximum atomic E-state index is 11.7. The molecule has 3 atom stereocenters. The van der Waals surface area contributed by atoms with Crippen molar-refractivity contribution >= 4 is 17.0 Å². The highest BCUT2D eigenvalue weighted by Crippen LogP contribution is 2.35. The first kappa shape index (κ1) is 12.2. The Hall–Kier alpha value is -1.90. The van der Waals surface area contributed by atoms with Gasteiger partial charge in [0.05, 0.1) is 18.8 Å². The number of aliphatic hydroxyl groups excluding tert-OH is 2. The number of hydrogen-bond donors (Lipinski definition) is 5. The standard InChI is InChI=1S/C11H14N4O4/c12-11-14-8-4(2-13-9(8)10(18)15-11)6-1-5(17)7(3-16)19-6/h2,5-7,13,16-17H,1,3H2,(H3,12,14,15,18)/t5-,6-,7-/m1/s1. The van der Waals surface area contributed by atoms with Gasteiger partial charge in [0.25, 0.3) is 5.56 Å². The van der Waals surface area contributed by atoms with Gasteiger partial charge in [-0.15, -0.1) is 0 Å². The Bertz CT molecular complexity index is 664. The van der Waals surface area contributed by atoms with Crippen LogP contribution in [-0.2, 0) is 4.74 Å². The molecule has 6 N–H and O–H groups in total. The van der Waals surface area contributed by atoms with E-state index in [2.05, 4.69) is 15.0 Å². The number of nitrogens with two attached hydrogens (primary N) is 1. The summed E-state index contributed by atoms with van der Waals surface area (Å²) in [7, 11) is 0. The van der Waals surface area contributed by atoms with Crippen LogP contribution in [0.3, 0.4) is 0 Å². The minimum atomic E-state index is -0.737. The number of aromatic nitrogens is 3. The van der Waals surface area contributed by atoms with Gasteiger partial charge in [-0.05, 0) is 0 Å². The predicted molar refractivity (Wildman–Crippen MR) is 66.5 cm³/mol. The Kier molecular flexibility index (Phi) is 2.77. The van der Waals surface area contributed by atoms with Crippen molar-refractivity contribution in [2.45, 2.75) is 24.7 Å². The number of aromatic amines is 2. The highest BCUT2D eigenvalue weighted by Gasteiger charge is 2.35. The number of nitrogen functional groups attached to an aromatic ring is 1. The molecule has 0 bridgehead atoms. The van der Waals surface area contributed by atoms with Crippen LogP contribution in [-0.4, -0.2) is 44.0 Å². The topological polar surface area (TPSA) is 137 Å². The molecular formula is C11H14N4O4. The number of H-pyrrole nitrogens is 2. The minimum Gasteiger partial charge on any atom is -0.394 e. The average molecular weight is 266 g/mol. The molecule has 3 heterocycles. The van der Waals surface area contributed by atoms with Crippen molar-refractivity contribution in [1.29, 1.82) is 0 Å². The molecule has 0 radical (unpaired) electrons. The molecule has 19 heavy (non-hydrogen) atoms. The molecule has 2 aromatic rings. The molecule has 0 unspecified atom stereocenters. The fourth-order valence-corrected chi connectivity index (χ4v) is 2.39. The summed E-state index contributed by atoms with van der Waals surface area (Å²) in [5, 5.41) is 18.8. The van der Waals surface area contributed by atoms with Crippen molar-refractivity contribution in [2.75, 3.05) is 12.3 Å². The van der Waals surface area contributed by atoms with E-state index in [9.17, 15) is 9.90 Å². The third-order valence-electron chi connectivity index (χ3n) is 3.33. The quantitative estimate of drug-likeness (QED) is 0.473. The van der Waals surface area contributed by atoms with Crippen molar-refractivity contribution in [3.05, 3.63) is 22.1 Å². The van der Waals surface area contributed by atoms with Gasteiger partial charge in [0.2, 0.25) is 5.95 Å². The van der Waals surface area contributed by atoms with Crippen LogP contribution < -0.4 is 11.3 Å². The van der Waals surface area contributed by atoms with Gasteiger partial charge in [-0.2, -0.15) is 0 Å². The van der Waals surface area contributed by atoms with E-state index >= 15 is 0 Å². The van der Waals surface area contributed by atoms with Crippen molar-refractivity contribution in [2.24, 2.45) is 0 Å². The van der Waals surface area contributed by atoms with Crippen molar-refractivity contribution < 1.29 is 14.9 Å². The smallest absolute Gasteiger partial charge is 0.276 e. The van der Waals surface area contributed by atoms with Crippen molar-refractivity contribution in [3.63, 3.8) is 0 Å². The van der Waals surface area contributed by atoms with Crippen LogP contribution >= 0.6 is 0 Å². The molecule has 1 aliphatic rings. The largest absolute Gasteiger partial charge is 0.394 e. The van der Waals surface area contributed by atoms with Crippen LogP contribution in [0.15, 0.2) is 11.0 Å². The van der Waals surface area contributed by atoms with E-state index in [4.69, 9.17) is 15.6 Å². The SMILES string of the molecule is Nc1nc2c([C@H]3C[C@@H](O)[C@@H](CO)O3)c[nH]c2c(=O)[nH]1. The lowest BCUT2D eigenvalue weighted by molar-refractivity contribution is -0.0222. The van der Waals surface area contributed by atoms with E-state index < -0.39 is 18.3 Å². The number of rotatable bonds is 2. The predicted octanol–water partition coefficient (Wildman–Crippen LogP) is -0.983. The molecule has 0 amide bonds. The van der Waals surface area contributed by atoms with Crippen LogP contribution in [0, 0.1) is 0 Å². The molecule has 2 aromatic heterocycles. The molecule has 1 aliphatic heterocycles. The Balaban J connectivity index is 2.05. The number of nitrogens with one attached hydrogen (secondary N) is 2. The summed E-state index contributed by atoms with van der Waals surface area (Å²) >= 11 is 0. The first-order chi connectivity index (χ1) is 9.10. The normalized spacial score (nSPS) is 27.2. The lowest BCUT2D eigenvalue weighted by Gasteiger charge is -2.11. The molecule has 1 saturated heterocycles. The Labute approximate surface area is 107 Å². The summed E-state index contributed by atoms with van der Waals surface area (Å²) in [5.74, 6) is 0.0237. The molecule has 8 nitrogen and oxygen atoms in total. The highest BCUT2D eigenvalue weighted by atomic mass is 16.5. The number of ether oxygens (including phenoxy) is 1. The Morgan fingerprint density at radius 2 is 2.37 bits per heavy atom. The first-order valence-corrected chi connectivity index (χ1v) is 5.91. The van der Waals surface area contributed by atoms with Crippen LogP contribution in [0.2, 0.25) is 0 Å². The molecule has 3 rings (SSSR count). The first-order valence-electron chi connectivity index (χ1n) is 5.91. The fourth-order valence-electron chi connectivity index (χ4n) is 2.39. The summed E-state index contributed by atoms with van der Waals surface area (Å²) in [5.41, 5.74) is 6.56. The molecular weight excluding hydrogens is 252 g/mol. The van der Waals surface area contributed by atoms with E-state index in [-0.39, 0.29) is 18.1 Å². The number of hydrogen-bond acceptors (Lipinski definition) is 6. The van der Waals surface area contributed by atoms with Crippen LogP contribution in [0.5, 0.6) is 0 Å². The lowest BCUT2D eigenvalue weighted by Crippen LogP contribution is -2.24. The van der Waals surface area contributed by atoms with E-state index in [0.29, 0.717) is 23.0 Å². The second-order valence-corrected chi connectivity index (χ2v) is 4.57. The monoisotopic (exact) mass is 266 g/mol. The lowest BCUT2D eigenvalue weighted by atomic mass is 10.1. The van der Waals surface area contributed by atoms with Gasteiger partial charge in [0.1, 0.15) is 17.1 Å². The van der Waals surface area contributed by atoms with Gasteiger partial charge in [-0.1, -0.05) is 0 Å². The number of nitrogens with zero attached hydrogens (tertiary/aromatic N) is 1. The maximum Gasteiger partial charge on any atom is 0.276 e. The van der Waals surface area contributed by atoms with Crippen LogP contribution in [0.4, 0.5) is 5.95 Å². The molecule has 0 spiro atoms. The molecule has 0 aromatic carbocycles. The van der Waals surface area contributed by atoms with Gasteiger partial charge >= 0.3 is 0 Å². The Morgan fingerprint density at radius 3 is 3.05 bits per heavy atom. The van der Waals surface area contributed by atoms with Gasteiger partial charge in [0, 0.05) is 18.2 Å². The van der Waals surface area contributed by atoms with Gasteiger partial charge in [0.15, 0.2) is 0 Å². The molecule has 1 fully saturated rings. The van der Waals surface area contributed by atoms with Crippen molar-refractivity contribution in [3.8, 4) is 0 Å². The molecule has 0 aliphatic carbocycles. The Morgan fingerprint density at radius 1 is 1.58 bits per heavy atom. The third-order valence-corrected chi connectivity index (χ3v) is 3.33. The third kappa shape index (κ3) is 1.89.